The summed E-state index contributed by atoms with van der Waals surface area (Å²) in [5.74, 6) is 0.505. The standard InChI is InChI=1S/C23H23N7O/c1-14-18-12-30(26-14)9-5-6-21(31)28(3)13-20-22(23(24-2)29(4)27-20)15-10-17-16(18)7-8-19(17)25-11-15/h7,10-12H,5-6,8-9,13H2,1,3-4H3. The topological polar surface area (TPSA) is 73.2 Å². The predicted molar refractivity (Wildman–Crippen MR) is 116 cm³/mol. The van der Waals surface area contributed by atoms with Crippen molar-refractivity contribution in [2.24, 2.45) is 7.05 Å². The van der Waals surface area contributed by atoms with E-state index in [0.29, 0.717) is 37.4 Å². The molecule has 1 aliphatic heterocycles. The highest BCUT2D eigenvalue weighted by Gasteiger charge is 2.26. The molecule has 5 rings (SSSR count). The number of rotatable bonds is 0. The van der Waals surface area contributed by atoms with Crippen molar-refractivity contribution in [1.29, 1.82) is 0 Å². The third-order valence-electron chi connectivity index (χ3n) is 6.07. The fourth-order valence-electron chi connectivity index (χ4n) is 4.49. The molecular weight excluding hydrogens is 390 g/mol. The second-order valence-electron chi connectivity index (χ2n) is 8.17. The van der Waals surface area contributed by atoms with Crippen molar-refractivity contribution >= 4 is 17.3 Å². The van der Waals surface area contributed by atoms with E-state index in [2.05, 4.69) is 33.4 Å². The van der Waals surface area contributed by atoms with Gasteiger partial charge in [-0.15, -0.1) is 5.10 Å². The molecule has 0 atom stereocenters. The number of amides is 1. The highest BCUT2D eigenvalue weighted by atomic mass is 16.2. The highest BCUT2D eigenvalue weighted by molar-refractivity contribution is 5.88. The lowest BCUT2D eigenvalue weighted by Crippen LogP contribution is -2.26. The van der Waals surface area contributed by atoms with E-state index in [0.717, 1.165) is 45.6 Å². The molecule has 1 amide bonds. The summed E-state index contributed by atoms with van der Waals surface area (Å²) < 4.78 is 3.53. The van der Waals surface area contributed by atoms with Crippen molar-refractivity contribution < 1.29 is 4.79 Å². The first kappa shape index (κ1) is 19.2. The number of carbonyl (C=O) groups excluding carboxylic acids is 1. The van der Waals surface area contributed by atoms with Crippen LogP contribution in [0.15, 0.2) is 24.5 Å². The van der Waals surface area contributed by atoms with Gasteiger partial charge in [0, 0.05) is 55.5 Å². The summed E-state index contributed by atoms with van der Waals surface area (Å²) in [6, 6.07) is 2.11. The van der Waals surface area contributed by atoms with Crippen LogP contribution in [0.25, 0.3) is 21.5 Å². The van der Waals surface area contributed by atoms with Crippen LogP contribution < -0.4 is 0 Å². The summed E-state index contributed by atoms with van der Waals surface area (Å²) in [7, 11) is 3.55. The number of carbonyl (C=O) groups is 1. The maximum Gasteiger partial charge on any atom is 0.260 e. The molecule has 0 spiro atoms. The Morgan fingerprint density at radius 3 is 2.81 bits per heavy atom. The van der Waals surface area contributed by atoms with Gasteiger partial charge < -0.3 is 9.74 Å². The molecular formula is C23H23N7O. The van der Waals surface area contributed by atoms with Crippen LogP contribution in [0.1, 0.15) is 41.1 Å². The molecule has 0 saturated carbocycles. The van der Waals surface area contributed by atoms with Gasteiger partial charge in [0.15, 0.2) is 0 Å². The number of hydrogen-bond donors (Lipinski definition) is 0. The van der Waals surface area contributed by atoms with E-state index in [1.54, 1.807) is 23.7 Å². The number of nitrogens with zero attached hydrogens (tertiary/aromatic N) is 7. The van der Waals surface area contributed by atoms with Crippen LogP contribution in [0.5, 0.6) is 0 Å². The van der Waals surface area contributed by atoms with Crippen LogP contribution in [-0.2, 0) is 31.4 Å². The molecule has 0 N–H and O–H groups in total. The molecule has 4 heterocycles. The molecule has 156 valence electrons. The minimum Gasteiger partial charge on any atom is -0.362 e. The molecule has 31 heavy (non-hydrogen) atoms. The van der Waals surface area contributed by atoms with Crippen molar-refractivity contribution in [3.63, 3.8) is 0 Å². The lowest BCUT2D eigenvalue weighted by Gasteiger charge is -2.17. The van der Waals surface area contributed by atoms with Crippen LogP contribution in [0.2, 0.25) is 0 Å². The van der Waals surface area contributed by atoms with Crippen molar-refractivity contribution in [2.75, 3.05) is 7.05 Å². The Labute approximate surface area is 180 Å². The number of aryl methyl sites for hydroxylation is 3. The molecule has 1 aliphatic carbocycles. The van der Waals surface area contributed by atoms with Crippen LogP contribution >= 0.6 is 0 Å². The van der Waals surface area contributed by atoms with Crippen molar-refractivity contribution in [2.45, 2.75) is 39.3 Å². The number of allylic oxidation sites excluding steroid dienone is 1. The molecule has 8 nitrogen and oxygen atoms in total. The molecule has 4 bridgehead atoms. The summed E-state index contributed by atoms with van der Waals surface area (Å²) in [5.41, 5.74) is 7.60. The first-order valence-corrected chi connectivity index (χ1v) is 10.4. The van der Waals surface area contributed by atoms with Crippen LogP contribution in [-0.4, -0.2) is 42.4 Å². The van der Waals surface area contributed by atoms with Gasteiger partial charge in [-0.2, -0.15) is 5.10 Å². The average Bonchev–Trinajstić information content (AvgIpc) is 3.41. The Morgan fingerprint density at radius 2 is 2.00 bits per heavy atom. The van der Waals surface area contributed by atoms with Gasteiger partial charge >= 0.3 is 0 Å². The summed E-state index contributed by atoms with van der Waals surface area (Å²) in [6.07, 6.45) is 8.02. The zero-order chi connectivity index (χ0) is 21.7. The molecule has 0 radical (unpaired) electrons. The average molecular weight is 413 g/mol. The van der Waals surface area contributed by atoms with Crippen molar-refractivity contribution in [3.05, 3.63) is 64.2 Å². The molecule has 0 unspecified atom stereocenters. The highest BCUT2D eigenvalue weighted by Crippen LogP contribution is 2.39. The first-order chi connectivity index (χ1) is 15.0. The molecule has 0 fully saturated rings. The number of pyridine rings is 1. The second-order valence-corrected chi connectivity index (χ2v) is 8.17. The van der Waals surface area contributed by atoms with E-state index in [-0.39, 0.29) is 5.91 Å². The van der Waals surface area contributed by atoms with Gasteiger partial charge in [0.2, 0.25) is 5.91 Å². The summed E-state index contributed by atoms with van der Waals surface area (Å²) in [4.78, 5) is 22.9. The van der Waals surface area contributed by atoms with E-state index in [9.17, 15) is 4.79 Å². The van der Waals surface area contributed by atoms with E-state index >= 15 is 0 Å². The van der Waals surface area contributed by atoms with E-state index in [1.807, 2.05) is 17.8 Å². The zero-order valence-electron chi connectivity index (χ0n) is 17.9. The SMILES string of the molecule is [C-]#[N+]c1c2c(nn1C)CN(C)C(=O)CCCn1cc(c(C)n1)C1=CCc3ncc-2cc31. The minimum atomic E-state index is 0.0517. The minimum absolute atomic E-state index is 0.0517. The van der Waals surface area contributed by atoms with Gasteiger partial charge in [-0.25, -0.2) is 4.68 Å². The smallest absolute Gasteiger partial charge is 0.260 e. The molecule has 0 saturated heterocycles. The van der Waals surface area contributed by atoms with Gasteiger partial charge in [-0.05, 0) is 30.5 Å². The molecule has 2 aliphatic rings. The number of fused-ring (bicyclic) bond motifs is 6. The first-order valence-electron chi connectivity index (χ1n) is 10.4. The molecule has 0 aromatic carbocycles. The molecule has 8 heteroatoms. The summed E-state index contributed by atoms with van der Waals surface area (Å²) in [5, 5.41) is 9.25. The Bertz CT molecular complexity index is 1290. The monoisotopic (exact) mass is 413 g/mol. The van der Waals surface area contributed by atoms with Crippen molar-refractivity contribution in [3.8, 4) is 11.1 Å². The molecule has 3 aromatic heterocycles. The fraction of sp³-hybridized carbons (Fsp3) is 0.348. The number of aromatic nitrogens is 5. The lowest BCUT2D eigenvalue weighted by molar-refractivity contribution is -0.130. The maximum absolute atomic E-state index is 12.7. The quantitative estimate of drug-likeness (QED) is 0.530. The van der Waals surface area contributed by atoms with Gasteiger partial charge in [-0.3, -0.25) is 14.5 Å². The van der Waals surface area contributed by atoms with Gasteiger partial charge in [0.05, 0.1) is 25.0 Å². The normalized spacial score (nSPS) is 15.7. The van der Waals surface area contributed by atoms with E-state index in [4.69, 9.17) is 11.6 Å². The van der Waals surface area contributed by atoms with Crippen LogP contribution in [0, 0.1) is 13.5 Å². The van der Waals surface area contributed by atoms with Crippen LogP contribution in [0.4, 0.5) is 5.82 Å². The Balaban J connectivity index is 1.72. The second kappa shape index (κ2) is 7.20. The number of hydrogen-bond acceptors (Lipinski definition) is 4. The van der Waals surface area contributed by atoms with E-state index < -0.39 is 0 Å². The molecule has 3 aromatic rings. The van der Waals surface area contributed by atoms with Gasteiger partial charge in [-0.1, -0.05) is 12.6 Å². The summed E-state index contributed by atoms with van der Waals surface area (Å²) in [6.45, 7) is 10.8. The van der Waals surface area contributed by atoms with Crippen LogP contribution in [0.3, 0.4) is 0 Å². The predicted octanol–water partition coefficient (Wildman–Crippen LogP) is 3.28. The maximum atomic E-state index is 12.7. The fourth-order valence-corrected chi connectivity index (χ4v) is 4.49. The lowest BCUT2D eigenvalue weighted by atomic mass is 9.98. The van der Waals surface area contributed by atoms with E-state index in [1.165, 1.54) is 0 Å². The van der Waals surface area contributed by atoms with Gasteiger partial charge in [0.1, 0.15) is 5.69 Å². The largest absolute Gasteiger partial charge is 0.362 e. The Hall–Kier alpha value is -3.73. The Morgan fingerprint density at radius 1 is 1.16 bits per heavy atom. The van der Waals surface area contributed by atoms with Gasteiger partial charge in [0.25, 0.3) is 5.82 Å². The third kappa shape index (κ3) is 3.13. The Kier molecular flexibility index (Phi) is 4.47. The zero-order valence-corrected chi connectivity index (χ0v) is 17.9. The summed E-state index contributed by atoms with van der Waals surface area (Å²) >= 11 is 0. The van der Waals surface area contributed by atoms with Crippen molar-refractivity contribution in [1.82, 2.24) is 29.4 Å². The third-order valence-corrected chi connectivity index (χ3v) is 6.07.